The zero-order chi connectivity index (χ0) is 19.2. The molecule has 7 heteroatoms. The average Bonchev–Trinajstić information content (AvgIpc) is 2.69. The van der Waals surface area contributed by atoms with E-state index in [1.165, 1.54) is 48.7 Å². The van der Waals surface area contributed by atoms with Crippen molar-refractivity contribution in [2.45, 2.75) is 6.54 Å². The van der Waals surface area contributed by atoms with Gasteiger partial charge >= 0.3 is 0 Å². The van der Waals surface area contributed by atoms with Gasteiger partial charge in [-0.2, -0.15) is 0 Å². The highest BCUT2D eigenvalue weighted by atomic mass is 19.1. The third-order valence-corrected chi connectivity index (χ3v) is 3.74. The van der Waals surface area contributed by atoms with Crippen LogP contribution in [0.2, 0.25) is 0 Å². The van der Waals surface area contributed by atoms with Gasteiger partial charge in [-0.3, -0.25) is 14.6 Å². The Labute approximate surface area is 154 Å². The van der Waals surface area contributed by atoms with Crippen LogP contribution in [0.5, 0.6) is 0 Å². The summed E-state index contributed by atoms with van der Waals surface area (Å²) in [4.78, 5) is 28.5. The predicted molar refractivity (Wildman–Crippen MR) is 96.2 cm³/mol. The second-order valence-electron chi connectivity index (χ2n) is 5.67. The molecule has 3 aromatic rings. The third kappa shape index (κ3) is 4.72. The maximum absolute atomic E-state index is 13.6. The first kappa shape index (κ1) is 18.2. The van der Waals surface area contributed by atoms with E-state index in [9.17, 15) is 18.4 Å². The molecule has 2 amide bonds. The minimum absolute atomic E-state index is 0.0401. The largest absolute Gasteiger partial charge is 0.347 e. The molecule has 27 heavy (non-hydrogen) atoms. The first-order chi connectivity index (χ1) is 13.0. The van der Waals surface area contributed by atoms with Crippen LogP contribution in [-0.4, -0.2) is 16.8 Å². The number of rotatable bonds is 5. The molecule has 0 unspecified atom stereocenters. The van der Waals surface area contributed by atoms with Crippen molar-refractivity contribution in [2.75, 3.05) is 5.32 Å². The molecule has 5 nitrogen and oxygen atoms in total. The van der Waals surface area contributed by atoms with Crippen LogP contribution in [0.15, 0.2) is 66.9 Å². The van der Waals surface area contributed by atoms with Gasteiger partial charge in [0, 0.05) is 18.3 Å². The number of carbonyl (C=O) groups is 2. The van der Waals surface area contributed by atoms with Crippen LogP contribution in [0.25, 0.3) is 0 Å². The van der Waals surface area contributed by atoms with E-state index in [2.05, 4.69) is 15.6 Å². The van der Waals surface area contributed by atoms with Crippen LogP contribution in [0.4, 0.5) is 14.5 Å². The Kier molecular flexibility index (Phi) is 5.51. The number of benzene rings is 2. The summed E-state index contributed by atoms with van der Waals surface area (Å²) in [5.41, 5.74) is 0.971. The predicted octanol–water partition coefficient (Wildman–Crippen LogP) is 3.54. The van der Waals surface area contributed by atoms with Gasteiger partial charge in [-0.25, -0.2) is 8.78 Å². The zero-order valence-electron chi connectivity index (χ0n) is 14.1. The summed E-state index contributed by atoms with van der Waals surface area (Å²) in [5, 5.41) is 5.09. The van der Waals surface area contributed by atoms with Crippen molar-refractivity contribution in [3.63, 3.8) is 0 Å². The molecule has 2 N–H and O–H groups in total. The number of aromatic nitrogens is 1. The lowest BCUT2D eigenvalue weighted by Gasteiger charge is -2.08. The topological polar surface area (TPSA) is 71.1 Å². The van der Waals surface area contributed by atoms with Gasteiger partial charge in [0.1, 0.15) is 17.3 Å². The molecule has 0 fully saturated rings. The minimum atomic E-state index is -0.560. The summed E-state index contributed by atoms with van der Waals surface area (Å²) in [5.74, 6) is -1.97. The van der Waals surface area contributed by atoms with Gasteiger partial charge in [0.05, 0.1) is 5.69 Å². The third-order valence-electron chi connectivity index (χ3n) is 3.74. The normalized spacial score (nSPS) is 10.3. The van der Waals surface area contributed by atoms with Crippen LogP contribution in [0.1, 0.15) is 26.4 Å². The molecule has 0 aliphatic carbocycles. The van der Waals surface area contributed by atoms with Crippen molar-refractivity contribution < 1.29 is 18.4 Å². The van der Waals surface area contributed by atoms with Gasteiger partial charge in [-0.15, -0.1) is 0 Å². The Hall–Kier alpha value is -3.61. The molecule has 0 atom stereocenters. The molecule has 1 heterocycles. The number of pyridine rings is 1. The Bertz CT molecular complexity index is 975. The Morgan fingerprint density at radius 2 is 1.67 bits per heavy atom. The number of hydrogen-bond donors (Lipinski definition) is 2. The van der Waals surface area contributed by atoms with Gasteiger partial charge in [0.15, 0.2) is 0 Å². The number of para-hydroxylation sites is 1. The molecule has 0 radical (unpaired) electrons. The summed E-state index contributed by atoms with van der Waals surface area (Å²) in [6.07, 6.45) is 1.32. The Balaban J connectivity index is 1.67. The number of nitrogens with one attached hydrogen (secondary N) is 2. The van der Waals surface area contributed by atoms with Crippen LogP contribution < -0.4 is 10.6 Å². The van der Waals surface area contributed by atoms with E-state index in [0.29, 0.717) is 0 Å². The Morgan fingerprint density at radius 1 is 0.926 bits per heavy atom. The molecule has 0 bridgehead atoms. The zero-order valence-corrected chi connectivity index (χ0v) is 14.1. The summed E-state index contributed by atoms with van der Waals surface area (Å²) < 4.78 is 26.5. The van der Waals surface area contributed by atoms with E-state index < -0.39 is 17.6 Å². The van der Waals surface area contributed by atoms with Crippen molar-refractivity contribution in [1.29, 1.82) is 0 Å². The maximum atomic E-state index is 13.6. The smallest absolute Gasteiger partial charge is 0.270 e. The van der Waals surface area contributed by atoms with Gasteiger partial charge in [0.25, 0.3) is 11.8 Å². The number of anilines is 1. The molecule has 1 aromatic heterocycles. The van der Waals surface area contributed by atoms with Crippen molar-refractivity contribution in [1.82, 2.24) is 10.3 Å². The lowest BCUT2D eigenvalue weighted by atomic mass is 10.2. The van der Waals surface area contributed by atoms with E-state index in [-0.39, 0.29) is 29.3 Å². The fourth-order valence-corrected chi connectivity index (χ4v) is 2.33. The fourth-order valence-electron chi connectivity index (χ4n) is 2.33. The first-order valence-electron chi connectivity index (χ1n) is 8.07. The molecule has 136 valence electrons. The monoisotopic (exact) mass is 367 g/mol. The van der Waals surface area contributed by atoms with E-state index in [1.54, 1.807) is 18.2 Å². The van der Waals surface area contributed by atoms with Gasteiger partial charge in [0.2, 0.25) is 0 Å². The van der Waals surface area contributed by atoms with Crippen LogP contribution in [0.3, 0.4) is 0 Å². The summed E-state index contributed by atoms with van der Waals surface area (Å²) in [6.45, 7) is 0.187. The summed E-state index contributed by atoms with van der Waals surface area (Å²) in [6, 6.07) is 14.2. The molecule has 0 saturated carbocycles. The van der Waals surface area contributed by atoms with E-state index in [1.807, 2.05) is 0 Å². The SMILES string of the molecule is O=C(Nc1ccccc1F)c1ccnc(C(=O)NCc2ccc(F)cc2)c1. The van der Waals surface area contributed by atoms with E-state index >= 15 is 0 Å². The average molecular weight is 367 g/mol. The highest BCUT2D eigenvalue weighted by molar-refractivity contribution is 6.05. The van der Waals surface area contributed by atoms with Crippen LogP contribution in [-0.2, 0) is 6.54 Å². The molecular weight excluding hydrogens is 352 g/mol. The molecule has 0 spiro atoms. The quantitative estimate of drug-likeness (QED) is 0.725. The second-order valence-corrected chi connectivity index (χ2v) is 5.67. The molecule has 2 aromatic carbocycles. The highest BCUT2D eigenvalue weighted by Crippen LogP contribution is 2.14. The number of amides is 2. The molecule has 0 aliphatic rings. The standard InChI is InChI=1S/C20H15F2N3O2/c21-15-7-5-13(6-8-15)12-24-20(27)18-11-14(9-10-23-18)19(26)25-17-4-2-1-3-16(17)22/h1-11H,12H2,(H,24,27)(H,25,26). The minimum Gasteiger partial charge on any atom is -0.347 e. The van der Waals surface area contributed by atoms with Crippen LogP contribution >= 0.6 is 0 Å². The molecule has 0 aliphatic heterocycles. The summed E-state index contributed by atoms with van der Waals surface area (Å²) in [7, 11) is 0. The molecule has 0 saturated heterocycles. The van der Waals surface area contributed by atoms with Crippen LogP contribution in [0, 0.1) is 11.6 Å². The van der Waals surface area contributed by atoms with Crippen molar-refractivity contribution in [3.05, 3.63) is 95.3 Å². The molecular formula is C20H15F2N3O2. The van der Waals surface area contributed by atoms with Crippen molar-refractivity contribution >= 4 is 17.5 Å². The van der Waals surface area contributed by atoms with E-state index in [0.717, 1.165) is 5.56 Å². The van der Waals surface area contributed by atoms with E-state index in [4.69, 9.17) is 0 Å². The van der Waals surface area contributed by atoms with Crippen molar-refractivity contribution in [2.24, 2.45) is 0 Å². The first-order valence-corrected chi connectivity index (χ1v) is 8.07. The lowest BCUT2D eigenvalue weighted by Crippen LogP contribution is -2.24. The second kappa shape index (κ2) is 8.18. The van der Waals surface area contributed by atoms with Gasteiger partial charge < -0.3 is 10.6 Å². The molecule has 3 rings (SSSR count). The lowest BCUT2D eigenvalue weighted by molar-refractivity contribution is 0.0946. The number of carbonyl (C=O) groups excluding carboxylic acids is 2. The highest BCUT2D eigenvalue weighted by Gasteiger charge is 2.13. The van der Waals surface area contributed by atoms with Crippen molar-refractivity contribution in [3.8, 4) is 0 Å². The van der Waals surface area contributed by atoms with Gasteiger partial charge in [-0.1, -0.05) is 24.3 Å². The van der Waals surface area contributed by atoms with Gasteiger partial charge in [-0.05, 0) is 42.0 Å². The fraction of sp³-hybridized carbons (Fsp3) is 0.0500. The number of hydrogen-bond acceptors (Lipinski definition) is 3. The summed E-state index contributed by atoms with van der Waals surface area (Å²) >= 11 is 0. The number of nitrogens with zero attached hydrogens (tertiary/aromatic N) is 1. The number of halogens is 2. The maximum Gasteiger partial charge on any atom is 0.270 e. The Morgan fingerprint density at radius 3 is 2.41 bits per heavy atom.